The van der Waals surface area contributed by atoms with Crippen LogP contribution in [0.25, 0.3) is 0 Å². The van der Waals surface area contributed by atoms with Crippen LogP contribution in [-0.2, 0) is 15.3 Å². The number of nitrogens with two attached hydrogens (primary N) is 1. The van der Waals surface area contributed by atoms with E-state index in [1.54, 1.807) is 14.2 Å². The average Bonchev–Trinajstić information content (AvgIpc) is 2.33. The Balaban J connectivity index is 2.74. The topological polar surface area (TPSA) is 44.5 Å². The number of aryl methyl sites for hydroxylation is 1. The molecule has 0 unspecified atom stereocenters. The van der Waals surface area contributed by atoms with E-state index < -0.39 is 9.28 Å². The molecule has 1 aromatic carbocycles. The van der Waals surface area contributed by atoms with Crippen LogP contribution >= 0.6 is 0 Å². The molecule has 0 aliphatic rings. The van der Waals surface area contributed by atoms with Crippen molar-refractivity contribution in [3.8, 4) is 0 Å². The van der Waals surface area contributed by atoms with Gasteiger partial charge in [0.2, 0.25) is 0 Å². The first kappa shape index (κ1) is 13.4. The highest BCUT2D eigenvalue weighted by atomic mass is 28.3. The molecular formula is C12H20NO2Si. The highest BCUT2D eigenvalue weighted by Crippen LogP contribution is 2.04. The molecule has 0 amide bonds. The number of unbranched alkanes of at least 4 members (excludes halogenated alkanes) is 1. The smallest absolute Gasteiger partial charge is 0.393 e. The minimum Gasteiger partial charge on any atom is -0.393 e. The van der Waals surface area contributed by atoms with Crippen LogP contribution in [0.2, 0.25) is 0 Å². The van der Waals surface area contributed by atoms with Crippen LogP contribution in [0.4, 0.5) is 0 Å². The molecule has 16 heavy (non-hydrogen) atoms. The standard InChI is InChI=1S/C12H20NO2Si/c1-14-16(15-2)12-9-4-3-7-11(12)8-5-6-10-13/h3-4,7,9H,5-6,8,10,13H2,1-2H3. The van der Waals surface area contributed by atoms with Crippen molar-refractivity contribution < 1.29 is 8.85 Å². The van der Waals surface area contributed by atoms with Crippen LogP contribution in [0.15, 0.2) is 24.3 Å². The van der Waals surface area contributed by atoms with Gasteiger partial charge in [-0.3, -0.25) is 0 Å². The van der Waals surface area contributed by atoms with E-state index in [9.17, 15) is 0 Å². The van der Waals surface area contributed by atoms with Crippen LogP contribution in [0, 0.1) is 0 Å². The molecule has 0 aliphatic carbocycles. The molecular weight excluding hydrogens is 218 g/mol. The molecule has 4 heteroatoms. The van der Waals surface area contributed by atoms with Gasteiger partial charge in [0, 0.05) is 14.2 Å². The van der Waals surface area contributed by atoms with Crippen molar-refractivity contribution in [3.05, 3.63) is 29.8 Å². The Labute approximate surface area is 99.4 Å². The molecule has 1 radical (unpaired) electrons. The summed E-state index contributed by atoms with van der Waals surface area (Å²) in [6, 6.07) is 8.34. The Morgan fingerprint density at radius 2 is 1.81 bits per heavy atom. The van der Waals surface area contributed by atoms with Crippen molar-refractivity contribution in [1.82, 2.24) is 0 Å². The van der Waals surface area contributed by atoms with Crippen molar-refractivity contribution >= 4 is 14.5 Å². The largest absolute Gasteiger partial charge is 0.423 e. The third kappa shape index (κ3) is 3.72. The molecule has 89 valence electrons. The van der Waals surface area contributed by atoms with Crippen LogP contribution in [-0.4, -0.2) is 30.0 Å². The minimum absolute atomic E-state index is 0.758. The molecule has 1 aromatic rings. The molecule has 2 N–H and O–H groups in total. The summed E-state index contributed by atoms with van der Waals surface area (Å²) in [6.45, 7) is 0.758. The predicted octanol–water partition coefficient (Wildman–Crippen LogP) is 0.956. The first-order chi connectivity index (χ1) is 7.83. The van der Waals surface area contributed by atoms with Gasteiger partial charge >= 0.3 is 9.28 Å². The molecule has 0 fully saturated rings. The Morgan fingerprint density at radius 3 is 2.44 bits per heavy atom. The van der Waals surface area contributed by atoms with Gasteiger partial charge in [-0.2, -0.15) is 0 Å². The van der Waals surface area contributed by atoms with Gasteiger partial charge in [-0.25, -0.2) is 0 Å². The molecule has 0 aromatic heterocycles. The maximum atomic E-state index is 5.50. The lowest BCUT2D eigenvalue weighted by Crippen LogP contribution is -2.37. The first-order valence-electron chi connectivity index (χ1n) is 5.56. The van der Waals surface area contributed by atoms with E-state index in [0.29, 0.717) is 0 Å². The summed E-state index contributed by atoms with van der Waals surface area (Å²) in [5.41, 5.74) is 6.83. The van der Waals surface area contributed by atoms with Crippen molar-refractivity contribution in [2.75, 3.05) is 20.8 Å². The van der Waals surface area contributed by atoms with Crippen LogP contribution in [0.5, 0.6) is 0 Å². The maximum absolute atomic E-state index is 5.50. The zero-order chi connectivity index (χ0) is 11.8. The van der Waals surface area contributed by atoms with E-state index in [4.69, 9.17) is 14.6 Å². The van der Waals surface area contributed by atoms with E-state index in [2.05, 4.69) is 18.2 Å². The molecule has 0 aliphatic heterocycles. The first-order valence-corrected chi connectivity index (χ1v) is 6.88. The van der Waals surface area contributed by atoms with Crippen molar-refractivity contribution in [2.45, 2.75) is 19.3 Å². The fraction of sp³-hybridized carbons (Fsp3) is 0.500. The van der Waals surface area contributed by atoms with E-state index in [-0.39, 0.29) is 0 Å². The number of hydrogen-bond acceptors (Lipinski definition) is 3. The van der Waals surface area contributed by atoms with E-state index in [0.717, 1.165) is 25.8 Å². The number of hydrogen-bond donors (Lipinski definition) is 1. The molecule has 0 saturated carbocycles. The SMILES string of the molecule is CO[Si](OC)c1ccccc1CCCCN. The van der Waals surface area contributed by atoms with Gasteiger partial charge in [-0.15, -0.1) is 0 Å². The molecule has 0 saturated heterocycles. The van der Waals surface area contributed by atoms with Crippen LogP contribution < -0.4 is 10.9 Å². The van der Waals surface area contributed by atoms with Gasteiger partial charge in [-0.1, -0.05) is 24.3 Å². The fourth-order valence-electron chi connectivity index (χ4n) is 1.70. The summed E-state index contributed by atoms with van der Waals surface area (Å²) in [4.78, 5) is 0. The van der Waals surface area contributed by atoms with Gasteiger partial charge in [0.05, 0.1) is 0 Å². The second-order valence-corrected chi connectivity index (χ2v) is 5.53. The van der Waals surface area contributed by atoms with Gasteiger partial charge in [0.25, 0.3) is 0 Å². The molecule has 0 atom stereocenters. The van der Waals surface area contributed by atoms with Crippen molar-refractivity contribution in [3.63, 3.8) is 0 Å². The predicted molar refractivity (Wildman–Crippen MR) is 67.8 cm³/mol. The summed E-state index contributed by atoms with van der Waals surface area (Å²) in [7, 11) is 2.11. The summed E-state index contributed by atoms with van der Waals surface area (Å²) in [5, 5.41) is 1.22. The third-order valence-electron chi connectivity index (χ3n) is 2.51. The average molecular weight is 238 g/mol. The lowest BCUT2D eigenvalue weighted by molar-refractivity contribution is 0.291. The molecule has 1 rings (SSSR count). The number of benzene rings is 1. The van der Waals surface area contributed by atoms with E-state index in [1.807, 2.05) is 6.07 Å². The molecule has 0 spiro atoms. The quantitative estimate of drug-likeness (QED) is 0.568. The van der Waals surface area contributed by atoms with Crippen LogP contribution in [0.1, 0.15) is 18.4 Å². The second kappa shape index (κ2) is 7.57. The Hall–Kier alpha value is -0.683. The summed E-state index contributed by atoms with van der Waals surface area (Å²) >= 11 is 0. The monoisotopic (exact) mass is 238 g/mol. The Bertz CT molecular complexity index is 303. The zero-order valence-corrected chi connectivity index (χ0v) is 11.0. The lowest BCUT2D eigenvalue weighted by Gasteiger charge is -2.14. The Morgan fingerprint density at radius 1 is 1.12 bits per heavy atom. The fourth-order valence-corrected chi connectivity index (χ4v) is 3.01. The van der Waals surface area contributed by atoms with Crippen LogP contribution in [0.3, 0.4) is 0 Å². The number of rotatable bonds is 7. The summed E-state index contributed by atoms with van der Waals surface area (Å²) in [6.07, 6.45) is 3.24. The maximum Gasteiger partial charge on any atom is 0.423 e. The lowest BCUT2D eigenvalue weighted by atomic mass is 10.1. The molecule has 3 nitrogen and oxygen atoms in total. The molecule has 0 heterocycles. The van der Waals surface area contributed by atoms with Crippen molar-refractivity contribution in [2.24, 2.45) is 5.73 Å². The Kier molecular flexibility index (Phi) is 6.33. The highest BCUT2D eigenvalue weighted by molar-refractivity contribution is 6.61. The van der Waals surface area contributed by atoms with Gasteiger partial charge in [0.15, 0.2) is 0 Å². The van der Waals surface area contributed by atoms with E-state index in [1.165, 1.54) is 10.8 Å². The van der Waals surface area contributed by atoms with Gasteiger partial charge in [-0.05, 0) is 36.6 Å². The van der Waals surface area contributed by atoms with E-state index >= 15 is 0 Å². The minimum atomic E-state index is -1.30. The van der Waals surface area contributed by atoms with Crippen molar-refractivity contribution in [1.29, 1.82) is 0 Å². The van der Waals surface area contributed by atoms with Gasteiger partial charge in [0.1, 0.15) is 0 Å². The second-order valence-electron chi connectivity index (χ2n) is 3.60. The normalized spacial score (nSPS) is 11.0. The molecule has 0 bridgehead atoms. The summed E-state index contributed by atoms with van der Waals surface area (Å²) < 4.78 is 10.8. The summed E-state index contributed by atoms with van der Waals surface area (Å²) in [5.74, 6) is 0. The zero-order valence-electron chi connectivity index (χ0n) is 10.0. The highest BCUT2D eigenvalue weighted by Gasteiger charge is 2.18. The van der Waals surface area contributed by atoms with Gasteiger partial charge < -0.3 is 14.6 Å². The third-order valence-corrected chi connectivity index (χ3v) is 4.18.